The summed E-state index contributed by atoms with van der Waals surface area (Å²) in [6.07, 6.45) is 9.29. The molecule has 0 saturated carbocycles. The number of rotatable bonds is 11. The lowest BCUT2D eigenvalue weighted by atomic mass is 10.1. The van der Waals surface area contributed by atoms with Crippen LogP contribution in [0.2, 0.25) is 0 Å². The number of hydrogen-bond donors (Lipinski definition) is 1. The summed E-state index contributed by atoms with van der Waals surface area (Å²) in [6, 6.07) is 32.3. The fraction of sp³-hybridized carbons (Fsp3) is 0.345. The second kappa shape index (κ2) is 18.0. The van der Waals surface area contributed by atoms with Crippen LogP contribution in [0.15, 0.2) is 91.0 Å². The molecule has 0 heterocycles. The summed E-state index contributed by atoms with van der Waals surface area (Å²) in [4.78, 5) is 10.7. The molecule has 0 spiro atoms. The molecule has 0 amide bonds. The Labute approximate surface area is 201 Å². The maximum Gasteiger partial charge on any atom is 0.305 e. The quantitative estimate of drug-likeness (QED) is 0.190. The number of ether oxygens (including phenoxy) is 1. The Morgan fingerprint density at radius 2 is 1.00 bits per heavy atom. The average Bonchev–Trinajstić information content (AvgIpc) is 2.86. The minimum atomic E-state index is -0.446. The average molecular weight is 466 g/mol. The molecule has 0 radical (unpaired) electrons. The van der Waals surface area contributed by atoms with Crippen LogP contribution in [0.3, 0.4) is 0 Å². The van der Waals surface area contributed by atoms with Crippen LogP contribution in [0.4, 0.5) is 0 Å². The summed E-state index contributed by atoms with van der Waals surface area (Å²) in [5.74, 6) is -0.0754. The lowest BCUT2D eigenvalue weighted by Gasteiger charge is -2.18. The molecule has 178 valence electrons. The summed E-state index contributed by atoms with van der Waals surface area (Å²) in [5.41, 5.74) is 0. The van der Waals surface area contributed by atoms with Crippen molar-refractivity contribution in [2.75, 3.05) is 7.11 Å². The summed E-state index contributed by atoms with van der Waals surface area (Å²) in [5, 5.41) is 4.19. The van der Waals surface area contributed by atoms with Gasteiger partial charge in [-0.15, -0.1) is 0 Å². The first kappa shape index (κ1) is 28.6. The molecule has 0 aliphatic carbocycles. The smallest absolute Gasteiger partial charge is 0.305 e. The predicted octanol–water partition coefficient (Wildman–Crippen LogP) is 6.91. The summed E-state index contributed by atoms with van der Waals surface area (Å²) >= 11 is 0. The van der Waals surface area contributed by atoms with Gasteiger partial charge in [-0.1, -0.05) is 136 Å². The molecule has 0 aromatic heterocycles. The van der Waals surface area contributed by atoms with E-state index in [0.717, 1.165) is 6.42 Å². The number of carbonyl (C=O) groups excluding carboxylic acids is 1. The van der Waals surface area contributed by atoms with Gasteiger partial charge in [0.1, 0.15) is 0 Å². The molecular weight excluding hydrogens is 425 g/mol. The molecule has 3 aromatic carbocycles. The molecule has 33 heavy (non-hydrogen) atoms. The van der Waals surface area contributed by atoms with Gasteiger partial charge in [-0.3, -0.25) is 4.79 Å². The van der Waals surface area contributed by atoms with Crippen molar-refractivity contribution in [2.45, 2.75) is 58.3 Å². The van der Waals surface area contributed by atoms with Crippen molar-refractivity contribution in [1.29, 1.82) is 0 Å². The number of unbranched alkanes of at least 4 members (excludes halogenated alkanes) is 6. The minimum absolute atomic E-state index is 0. The largest absolute Gasteiger partial charge is 0.469 e. The highest BCUT2D eigenvalue weighted by atomic mass is 31.1. The summed E-state index contributed by atoms with van der Waals surface area (Å²) < 4.78 is 4.56. The van der Waals surface area contributed by atoms with E-state index in [2.05, 4.69) is 103 Å². The van der Waals surface area contributed by atoms with E-state index in [9.17, 15) is 4.79 Å². The van der Waals surface area contributed by atoms with E-state index < -0.39 is 7.92 Å². The Morgan fingerprint density at radius 3 is 1.36 bits per heavy atom. The first-order chi connectivity index (χ1) is 15.8. The molecule has 0 unspecified atom stereocenters. The molecule has 0 aliphatic rings. The van der Waals surface area contributed by atoms with Gasteiger partial charge in [-0.25, -0.2) is 0 Å². The maximum atomic E-state index is 10.7. The van der Waals surface area contributed by atoms with Crippen LogP contribution in [0.25, 0.3) is 0 Å². The highest BCUT2D eigenvalue weighted by Crippen LogP contribution is 2.32. The topological polar surface area (TPSA) is 61.3 Å². The van der Waals surface area contributed by atoms with Gasteiger partial charge in [-0.05, 0) is 30.3 Å². The number of esters is 1. The van der Waals surface area contributed by atoms with Gasteiger partial charge in [0.15, 0.2) is 0 Å². The second-order valence-electron chi connectivity index (χ2n) is 7.79. The molecule has 3 nitrogen and oxygen atoms in total. The second-order valence-corrected chi connectivity index (χ2v) is 10.0. The van der Waals surface area contributed by atoms with E-state index in [1.165, 1.54) is 61.5 Å². The molecule has 4 heteroatoms. The van der Waals surface area contributed by atoms with Crippen molar-refractivity contribution < 1.29 is 9.53 Å². The first-order valence-corrected chi connectivity index (χ1v) is 13.1. The van der Waals surface area contributed by atoms with Gasteiger partial charge >= 0.3 is 5.97 Å². The third-order valence-corrected chi connectivity index (χ3v) is 7.70. The van der Waals surface area contributed by atoms with E-state index in [0.29, 0.717) is 6.42 Å². The van der Waals surface area contributed by atoms with Crippen LogP contribution >= 0.6 is 7.92 Å². The van der Waals surface area contributed by atoms with Crippen LogP contribution in [-0.2, 0) is 9.53 Å². The fourth-order valence-corrected chi connectivity index (χ4v) is 5.81. The highest BCUT2D eigenvalue weighted by molar-refractivity contribution is 7.79. The zero-order valence-electron chi connectivity index (χ0n) is 20.3. The van der Waals surface area contributed by atoms with E-state index in [4.69, 9.17) is 0 Å². The van der Waals surface area contributed by atoms with Crippen molar-refractivity contribution in [3.8, 4) is 0 Å². The highest BCUT2D eigenvalue weighted by Gasteiger charge is 2.14. The van der Waals surface area contributed by atoms with Gasteiger partial charge in [0, 0.05) is 6.42 Å². The Balaban J connectivity index is 0.000000346. The Hall–Kier alpha value is -2.48. The number of hydrogen-bond acceptors (Lipinski definition) is 3. The molecular formula is C29H40NO2P. The van der Waals surface area contributed by atoms with Gasteiger partial charge in [0.25, 0.3) is 0 Å². The van der Waals surface area contributed by atoms with Crippen LogP contribution < -0.4 is 22.1 Å². The number of carbonyl (C=O) groups is 1. The zero-order valence-corrected chi connectivity index (χ0v) is 21.2. The monoisotopic (exact) mass is 465 g/mol. The lowest BCUT2D eigenvalue weighted by Crippen LogP contribution is -2.20. The molecule has 3 rings (SSSR count). The third kappa shape index (κ3) is 11.3. The standard InChI is InChI=1S/C18H15P.C11H22O2.H3N/c1-4-10-16(11-5-1)19(17-12-6-2-7-13-17)18-14-8-3-9-15-18;1-3-4-5-6-7-8-9-10-11(12)13-2;/h1-15H;3-10H2,1-2H3;1H3. The van der Waals surface area contributed by atoms with Crippen LogP contribution in [-0.4, -0.2) is 13.1 Å². The van der Waals surface area contributed by atoms with E-state index >= 15 is 0 Å². The fourth-order valence-electron chi connectivity index (χ4n) is 3.51. The Morgan fingerprint density at radius 1 is 0.636 bits per heavy atom. The molecule has 3 N–H and O–H groups in total. The van der Waals surface area contributed by atoms with Crippen molar-refractivity contribution in [3.05, 3.63) is 91.0 Å². The molecule has 0 atom stereocenters. The SMILES string of the molecule is CCCCCCCCCC(=O)OC.N.c1ccc(P(c2ccccc2)c2ccccc2)cc1. The van der Waals surface area contributed by atoms with Crippen molar-refractivity contribution >= 4 is 29.8 Å². The van der Waals surface area contributed by atoms with E-state index in [1.807, 2.05) is 0 Å². The normalized spacial score (nSPS) is 10.0. The lowest BCUT2D eigenvalue weighted by molar-refractivity contribution is -0.140. The molecule has 0 aliphatic heterocycles. The van der Waals surface area contributed by atoms with Crippen molar-refractivity contribution in [1.82, 2.24) is 6.15 Å². The van der Waals surface area contributed by atoms with Gasteiger partial charge in [-0.2, -0.15) is 0 Å². The van der Waals surface area contributed by atoms with E-state index in [-0.39, 0.29) is 12.1 Å². The van der Waals surface area contributed by atoms with Gasteiger partial charge in [0.05, 0.1) is 7.11 Å². The predicted molar refractivity (Wildman–Crippen MR) is 145 cm³/mol. The number of methoxy groups -OCH3 is 1. The Kier molecular flexibility index (Phi) is 15.6. The summed E-state index contributed by atoms with van der Waals surface area (Å²) in [7, 11) is 1.00. The van der Waals surface area contributed by atoms with Crippen molar-refractivity contribution in [3.63, 3.8) is 0 Å². The Bertz CT molecular complexity index is 763. The molecule has 0 fully saturated rings. The van der Waals surface area contributed by atoms with Crippen LogP contribution in [0, 0.1) is 0 Å². The third-order valence-electron chi connectivity index (χ3n) is 5.26. The molecule has 0 saturated heterocycles. The first-order valence-electron chi connectivity index (χ1n) is 11.8. The molecule has 3 aromatic rings. The summed E-state index contributed by atoms with van der Waals surface area (Å²) in [6.45, 7) is 2.22. The van der Waals surface area contributed by atoms with Crippen LogP contribution in [0.5, 0.6) is 0 Å². The van der Waals surface area contributed by atoms with Crippen molar-refractivity contribution in [2.24, 2.45) is 0 Å². The van der Waals surface area contributed by atoms with Crippen LogP contribution in [0.1, 0.15) is 58.3 Å². The molecule has 0 bridgehead atoms. The van der Waals surface area contributed by atoms with E-state index in [1.54, 1.807) is 0 Å². The maximum absolute atomic E-state index is 10.7. The minimum Gasteiger partial charge on any atom is -0.469 e. The zero-order chi connectivity index (χ0) is 22.9. The van der Waals surface area contributed by atoms with Gasteiger partial charge in [0.2, 0.25) is 0 Å². The number of benzene rings is 3. The van der Waals surface area contributed by atoms with Gasteiger partial charge < -0.3 is 10.9 Å².